The van der Waals surface area contributed by atoms with Crippen molar-refractivity contribution >= 4 is 0 Å². The lowest BCUT2D eigenvalue weighted by Gasteiger charge is -2.40. The van der Waals surface area contributed by atoms with Crippen molar-refractivity contribution in [3.8, 4) is 0 Å². The molecule has 2 rings (SSSR count). The summed E-state index contributed by atoms with van der Waals surface area (Å²) in [6.45, 7) is 5.38. The molecule has 1 aromatic heterocycles. The molecule has 0 saturated heterocycles. The van der Waals surface area contributed by atoms with Crippen LogP contribution in [-0.4, -0.2) is 19.9 Å². The zero-order valence-corrected chi connectivity index (χ0v) is 11.6. The fourth-order valence-electron chi connectivity index (χ4n) is 2.10. The fraction of sp³-hybridized carbons (Fsp3) is 0.429. The number of halogens is 2. The highest BCUT2D eigenvalue weighted by atomic mass is 19.1. The highest BCUT2D eigenvalue weighted by Gasteiger charge is 2.44. The van der Waals surface area contributed by atoms with Gasteiger partial charge in [-0.1, -0.05) is 26.8 Å². The van der Waals surface area contributed by atoms with E-state index in [0.717, 1.165) is 12.1 Å². The molecule has 4 nitrogen and oxygen atoms in total. The molecule has 1 unspecified atom stereocenters. The van der Waals surface area contributed by atoms with Gasteiger partial charge in [0.25, 0.3) is 0 Å². The standard InChI is InChI=1S/C14H17F2N3O/c1-13(2,3)14(20,7-19-9-17-8-18-19)11-5-4-10(15)6-12(11)16/h4-6,8-9,20H,7H2,1-3H3. The molecule has 1 atom stereocenters. The first-order chi connectivity index (χ1) is 9.24. The van der Waals surface area contributed by atoms with Crippen molar-refractivity contribution in [1.29, 1.82) is 0 Å². The summed E-state index contributed by atoms with van der Waals surface area (Å²) < 4.78 is 28.5. The molecule has 0 amide bonds. The van der Waals surface area contributed by atoms with Gasteiger partial charge in [-0.2, -0.15) is 5.10 Å². The van der Waals surface area contributed by atoms with Crippen molar-refractivity contribution in [2.24, 2.45) is 5.41 Å². The molecule has 20 heavy (non-hydrogen) atoms. The Morgan fingerprint density at radius 1 is 1.25 bits per heavy atom. The normalized spacial score (nSPS) is 15.1. The number of aromatic nitrogens is 3. The van der Waals surface area contributed by atoms with Crippen LogP contribution in [0.25, 0.3) is 0 Å². The van der Waals surface area contributed by atoms with Crippen molar-refractivity contribution < 1.29 is 13.9 Å². The third-order valence-electron chi connectivity index (χ3n) is 3.47. The van der Waals surface area contributed by atoms with E-state index in [1.165, 1.54) is 23.4 Å². The van der Waals surface area contributed by atoms with Crippen LogP contribution in [0.15, 0.2) is 30.9 Å². The maximum absolute atomic E-state index is 14.1. The van der Waals surface area contributed by atoms with E-state index < -0.39 is 22.7 Å². The second kappa shape index (κ2) is 4.94. The average Bonchev–Trinajstić information content (AvgIpc) is 2.79. The number of hydrogen-bond acceptors (Lipinski definition) is 3. The van der Waals surface area contributed by atoms with E-state index in [0.29, 0.717) is 0 Å². The Bertz CT molecular complexity index is 593. The molecular weight excluding hydrogens is 264 g/mol. The van der Waals surface area contributed by atoms with Gasteiger partial charge >= 0.3 is 0 Å². The van der Waals surface area contributed by atoms with E-state index in [4.69, 9.17) is 0 Å². The molecule has 1 N–H and O–H groups in total. The predicted octanol–water partition coefficient (Wildman–Crippen LogP) is 2.49. The lowest BCUT2D eigenvalue weighted by molar-refractivity contribution is -0.0829. The Morgan fingerprint density at radius 2 is 1.95 bits per heavy atom. The van der Waals surface area contributed by atoms with Gasteiger partial charge < -0.3 is 5.11 Å². The van der Waals surface area contributed by atoms with E-state index >= 15 is 0 Å². The Balaban J connectivity index is 2.52. The number of hydrogen-bond donors (Lipinski definition) is 1. The molecule has 108 valence electrons. The highest BCUT2D eigenvalue weighted by Crippen LogP contribution is 2.41. The Kier molecular flexibility index (Phi) is 3.60. The molecule has 0 aliphatic carbocycles. The largest absolute Gasteiger partial charge is 0.383 e. The monoisotopic (exact) mass is 281 g/mol. The summed E-state index contributed by atoms with van der Waals surface area (Å²) in [6, 6.07) is 3.18. The van der Waals surface area contributed by atoms with Crippen molar-refractivity contribution in [3.63, 3.8) is 0 Å². The van der Waals surface area contributed by atoms with Crippen LogP contribution in [0.1, 0.15) is 26.3 Å². The smallest absolute Gasteiger partial charge is 0.137 e. The molecule has 0 fully saturated rings. The first-order valence-corrected chi connectivity index (χ1v) is 6.24. The van der Waals surface area contributed by atoms with Gasteiger partial charge in [-0.05, 0) is 11.5 Å². The minimum absolute atomic E-state index is 0.0268. The molecule has 6 heteroatoms. The van der Waals surface area contributed by atoms with Crippen LogP contribution in [0.5, 0.6) is 0 Å². The van der Waals surface area contributed by atoms with Gasteiger partial charge in [0, 0.05) is 11.6 Å². The molecule has 0 saturated carbocycles. The van der Waals surface area contributed by atoms with Gasteiger partial charge in [-0.15, -0.1) is 0 Å². The molecule has 0 bridgehead atoms. The zero-order valence-electron chi connectivity index (χ0n) is 11.6. The minimum Gasteiger partial charge on any atom is -0.383 e. The van der Waals surface area contributed by atoms with E-state index in [2.05, 4.69) is 10.1 Å². The van der Waals surface area contributed by atoms with Gasteiger partial charge in [-0.3, -0.25) is 0 Å². The van der Waals surface area contributed by atoms with Crippen LogP contribution >= 0.6 is 0 Å². The molecular formula is C14H17F2N3O. The molecule has 1 aromatic carbocycles. The van der Waals surface area contributed by atoms with Crippen molar-refractivity contribution in [2.75, 3.05) is 0 Å². The fourth-order valence-corrected chi connectivity index (χ4v) is 2.10. The van der Waals surface area contributed by atoms with E-state index in [1.54, 1.807) is 20.8 Å². The summed E-state index contributed by atoms with van der Waals surface area (Å²) in [5, 5.41) is 14.9. The van der Waals surface area contributed by atoms with Crippen molar-refractivity contribution in [1.82, 2.24) is 14.8 Å². The number of nitrogens with zero attached hydrogens (tertiary/aromatic N) is 3. The maximum atomic E-state index is 14.1. The topological polar surface area (TPSA) is 50.9 Å². The first-order valence-electron chi connectivity index (χ1n) is 6.24. The third kappa shape index (κ3) is 2.56. The van der Waals surface area contributed by atoms with Crippen LogP contribution in [0.2, 0.25) is 0 Å². The summed E-state index contributed by atoms with van der Waals surface area (Å²) in [4.78, 5) is 3.81. The van der Waals surface area contributed by atoms with Gasteiger partial charge in [0.1, 0.15) is 29.9 Å². The molecule has 0 aliphatic rings. The van der Waals surface area contributed by atoms with E-state index in [-0.39, 0.29) is 12.1 Å². The lowest BCUT2D eigenvalue weighted by Crippen LogP contribution is -2.44. The second-order valence-electron chi connectivity index (χ2n) is 5.83. The SMILES string of the molecule is CC(C)(C)C(O)(Cn1cncn1)c1ccc(F)cc1F. The molecule has 0 radical (unpaired) electrons. The molecule has 2 aromatic rings. The quantitative estimate of drug-likeness (QED) is 0.940. The maximum Gasteiger partial charge on any atom is 0.137 e. The zero-order chi connectivity index (χ0) is 15.0. The Morgan fingerprint density at radius 3 is 2.45 bits per heavy atom. The van der Waals surface area contributed by atoms with Crippen LogP contribution < -0.4 is 0 Å². The summed E-state index contributed by atoms with van der Waals surface area (Å²) in [6.07, 6.45) is 2.78. The lowest BCUT2D eigenvalue weighted by atomic mass is 9.72. The van der Waals surface area contributed by atoms with Crippen LogP contribution in [-0.2, 0) is 12.1 Å². The average molecular weight is 281 g/mol. The first kappa shape index (κ1) is 14.6. The van der Waals surface area contributed by atoms with Gasteiger partial charge in [0.2, 0.25) is 0 Å². The number of benzene rings is 1. The van der Waals surface area contributed by atoms with Gasteiger partial charge in [0.05, 0.1) is 6.54 Å². The van der Waals surface area contributed by atoms with Crippen LogP contribution in [0.3, 0.4) is 0 Å². The molecule has 0 aliphatic heterocycles. The summed E-state index contributed by atoms with van der Waals surface area (Å²) in [5.41, 5.74) is -2.18. The molecule has 1 heterocycles. The third-order valence-corrected chi connectivity index (χ3v) is 3.47. The molecule has 0 spiro atoms. The Hall–Kier alpha value is -1.82. The van der Waals surface area contributed by atoms with E-state index in [9.17, 15) is 13.9 Å². The van der Waals surface area contributed by atoms with E-state index in [1.807, 2.05) is 0 Å². The summed E-state index contributed by atoms with van der Waals surface area (Å²) in [5.74, 6) is -1.45. The highest BCUT2D eigenvalue weighted by molar-refractivity contribution is 5.27. The summed E-state index contributed by atoms with van der Waals surface area (Å²) in [7, 11) is 0. The Labute approximate surface area is 116 Å². The second-order valence-corrected chi connectivity index (χ2v) is 5.83. The van der Waals surface area contributed by atoms with Crippen LogP contribution in [0.4, 0.5) is 8.78 Å². The van der Waals surface area contributed by atoms with Gasteiger partial charge in [-0.25, -0.2) is 18.4 Å². The minimum atomic E-state index is -1.54. The predicted molar refractivity (Wildman–Crippen MR) is 69.7 cm³/mol. The number of aliphatic hydroxyl groups is 1. The number of rotatable bonds is 3. The van der Waals surface area contributed by atoms with Gasteiger partial charge in [0.15, 0.2) is 0 Å². The van der Waals surface area contributed by atoms with Crippen molar-refractivity contribution in [3.05, 3.63) is 48.1 Å². The van der Waals surface area contributed by atoms with Crippen molar-refractivity contribution in [2.45, 2.75) is 32.9 Å². The summed E-state index contributed by atoms with van der Waals surface area (Å²) >= 11 is 0. The van der Waals surface area contributed by atoms with Crippen LogP contribution in [0, 0.1) is 17.0 Å².